The van der Waals surface area contributed by atoms with Gasteiger partial charge in [-0.15, -0.1) is 0 Å². The van der Waals surface area contributed by atoms with Crippen molar-refractivity contribution in [1.29, 1.82) is 0 Å². The fourth-order valence-corrected chi connectivity index (χ4v) is 4.93. The number of nitrogens with two attached hydrogens (primary N) is 1. The molecule has 0 amide bonds. The third-order valence-electron chi connectivity index (χ3n) is 3.87. The van der Waals surface area contributed by atoms with Crippen molar-refractivity contribution in [2.75, 3.05) is 0 Å². The van der Waals surface area contributed by atoms with Gasteiger partial charge in [0.25, 0.3) is 5.69 Å². The smallest absolute Gasteiger partial charge is 0.287 e. The summed E-state index contributed by atoms with van der Waals surface area (Å²) in [6.45, 7) is 1.98. The van der Waals surface area contributed by atoms with Crippen LogP contribution < -0.4 is 5.73 Å². The maximum atomic E-state index is 12.7. The van der Waals surface area contributed by atoms with Crippen LogP contribution in [-0.4, -0.2) is 24.6 Å². The minimum Gasteiger partial charge on any atom is -0.327 e. The Labute approximate surface area is 118 Å². The Morgan fingerprint density at radius 1 is 1.30 bits per heavy atom. The Morgan fingerprint density at radius 3 is 2.60 bits per heavy atom. The van der Waals surface area contributed by atoms with Gasteiger partial charge in [0.15, 0.2) is 9.84 Å². The number of nitrogens with zero attached hydrogens (tertiary/aromatic N) is 1. The Bertz CT molecular complexity index is 615. The summed E-state index contributed by atoms with van der Waals surface area (Å²) in [5.74, 6) is 0.261. The summed E-state index contributed by atoms with van der Waals surface area (Å²) < 4.78 is 25.4. The first-order valence-electron chi connectivity index (χ1n) is 6.57. The van der Waals surface area contributed by atoms with Crippen LogP contribution in [0.2, 0.25) is 0 Å². The summed E-state index contributed by atoms with van der Waals surface area (Å²) in [4.78, 5) is 10.1. The van der Waals surface area contributed by atoms with E-state index in [0.29, 0.717) is 12.8 Å². The maximum absolute atomic E-state index is 12.7. The summed E-state index contributed by atoms with van der Waals surface area (Å²) in [5, 5.41) is 10.3. The van der Waals surface area contributed by atoms with E-state index in [1.807, 2.05) is 6.92 Å². The second kappa shape index (κ2) is 5.49. The predicted molar refractivity (Wildman–Crippen MR) is 75.1 cm³/mol. The average molecular weight is 298 g/mol. The number of hydrogen-bond donors (Lipinski definition) is 1. The van der Waals surface area contributed by atoms with Crippen molar-refractivity contribution in [3.63, 3.8) is 0 Å². The van der Waals surface area contributed by atoms with Crippen molar-refractivity contribution in [3.05, 3.63) is 34.4 Å². The standard InChI is InChI=1S/C13H18N2O4S/c1-9-6-7-10(14)13(8-9)20(18,19)12-5-3-2-4-11(12)15(16)17/h2-5,9-10,13H,6-8,14H2,1H3. The van der Waals surface area contributed by atoms with E-state index in [1.54, 1.807) is 0 Å². The molecule has 0 saturated heterocycles. The molecule has 2 N–H and O–H groups in total. The van der Waals surface area contributed by atoms with Crippen molar-refractivity contribution in [1.82, 2.24) is 0 Å². The van der Waals surface area contributed by atoms with Gasteiger partial charge in [-0.3, -0.25) is 10.1 Å². The molecule has 3 unspecified atom stereocenters. The average Bonchev–Trinajstić information content (AvgIpc) is 2.41. The molecular formula is C13H18N2O4S. The highest BCUT2D eigenvalue weighted by Crippen LogP contribution is 2.34. The predicted octanol–water partition coefficient (Wildman–Crippen LogP) is 1.88. The van der Waals surface area contributed by atoms with Crippen molar-refractivity contribution in [2.45, 2.75) is 42.4 Å². The Kier molecular flexibility index (Phi) is 4.10. The van der Waals surface area contributed by atoms with E-state index in [4.69, 9.17) is 5.73 Å². The fraction of sp³-hybridized carbons (Fsp3) is 0.538. The molecule has 0 radical (unpaired) electrons. The van der Waals surface area contributed by atoms with Crippen LogP contribution in [0.3, 0.4) is 0 Å². The highest BCUT2D eigenvalue weighted by molar-refractivity contribution is 7.92. The number of para-hydroxylation sites is 1. The lowest BCUT2D eigenvalue weighted by Crippen LogP contribution is -2.44. The van der Waals surface area contributed by atoms with Crippen molar-refractivity contribution < 1.29 is 13.3 Å². The van der Waals surface area contributed by atoms with Crippen LogP contribution in [0.1, 0.15) is 26.2 Å². The van der Waals surface area contributed by atoms with Crippen LogP contribution >= 0.6 is 0 Å². The minimum absolute atomic E-state index is 0.223. The molecule has 0 aliphatic heterocycles. The minimum atomic E-state index is -3.79. The molecule has 3 atom stereocenters. The molecule has 0 spiro atoms. The summed E-state index contributed by atoms with van der Waals surface area (Å²) in [7, 11) is -3.79. The van der Waals surface area contributed by atoms with Gasteiger partial charge in [-0.05, 0) is 31.2 Å². The molecule has 1 aliphatic rings. The Morgan fingerprint density at radius 2 is 1.95 bits per heavy atom. The third kappa shape index (κ3) is 2.69. The summed E-state index contributed by atoms with van der Waals surface area (Å²) in [6, 6.07) is 5.00. The van der Waals surface area contributed by atoms with E-state index in [9.17, 15) is 18.5 Å². The molecule has 1 aromatic rings. The van der Waals surface area contributed by atoms with E-state index in [1.165, 1.54) is 24.3 Å². The number of rotatable bonds is 3. The van der Waals surface area contributed by atoms with Gasteiger partial charge in [0.2, 0.25) is 0 Å². The molecule has 7 heteroatoms. The topological polar surface area (TPSA) is 103 Å². The molecule has 110 valence electrons. The molecule has 1 aromatic carbocycles. The lowest BCUT2D eigenvalue weighted by Gasteiger charge is -2.31. The van der Waals surface area contributed by atoms with E-state index in [0.717, 1.165) is 6.42 Å². The number of nitro groups is 1. The number of hydrogen-bond acceptors (Lipinski definition) is 5. The van der Waals surface area contributed by atoms with Gasteiger partial charge in [0.1, 0.15) is 4.90 Å². The number of nitro benzene ring substituents is 1. The quantitative estimate of drug-likeness (QED) is 0.678. The maximum Gasteiger partial charge on any atom is 0.287 e. The van der Waals surface area contributed by atoms with Gasteiger partial charge in [0.05, 0.1) is 10.2 Å². The molecular weight excluding hydrogens is 280 g/mol. The molecule has 1 aliphatic carbocycles. The van der Waals surface area contributed by atoms with Gasteiger partial charge in [-0.1, -0.05) is 19.1 Å². The van der Waals surface area contributed by atoms with Gasteiger partial charge >= 0.3 is 0 Å². The number of sulfone groups is 1. The molecule has 0 bridgehead atoms. The molecule has 6 nitrogen and oxygen atoms in total. The normalized spacial score (nSPS) is 27.2. The van der Waals surface area contributed by atoms with Crippen molar-refractivity contribution in [2.24, 2.45) is 11.7 Å². The van der Waals surface area contributed by atoms with Gasteiger partial charge in [-0.25, -0.2) is 8.42 Å². The van der Waals surface area contributed by atoms with Crippen LogP contribution in [0.5, 0.6) is 0 Å². The summed E-state index contributed by atoms with van der Waals surface area (Å²) in [5.41, 5.74) is 5.56. The van der Waals surface area contributed by atoms with Crippen LogP contribution in [0.25, 0.3) is 0 Å². The summed E-state index contributed by atoms with van der Waals surface area (Å²) in [6.07, 6.45) is 1.98. The molecule has 0 aromatic heterocycles. The zero-order chi connectivity index (χ0) is 14.9. The van der Waals surface area contributed by atoms with Gasteiger partial charge in [0, 0.05) is 12.1 Å². The van der Waals surface area contributed by atoms with Crippen molar-refractivity contribution >= 4 is 15.5 Å². The molecule has 2 rings (SSSR count). The zero-order valence-corrected chi connectivity index (χ0v) is 12.0. The summed E-state index contributed by atoms with van der Waals surface area (Å²) >= 11 is 0. The molecule has 20 heavy (non-hydrogen) atoms. The lowest BCUT2D eigenvalue weighted by atomic mass is 9.87. The van der Waals surface area contributed by atoms with Crippen molar-refractivity contribution in [3.8, 4) is 0 Å². The lowest BCUT2D eigenvalue weighted by molar-refractivity contribution is -0.387. The monoisotopic (exact) mass is 298 g/mol. The van der Waals surface area contributed by atoms with E-state index in [2.05, 4.69) is 0 Å². The Hall–Kier alpha value is -1.47. The van der Waals surface area contributed by atoms with E-state index >= 15 is 0 Å². The largest absolute Gasteiger partial charge is 0.327 e. The van der Waals surface area contributed by atoms with Crippen LogP contribution in [0.4, 0.5) is 5.69 Å². The van der Waals surface area contributed by atoms with E-state index in [-0.39, 0.29) is 16.5 Å². The molecule has 1 saturated carbocycles. The van der Waals surface area contributed by atoms with Crippen LogP contribution in [0, 0.1) is 16.0 Å². The first-order chi connectivity index (χ1) is 9.34. The second-order valence-corrected chi connectivity index (χ2v) is 7.53. The molecule has 0 heterocycles. The first-order valence-corrected chi connectivity index (χ1v) is 8.11. The highest BCUT2D eigenvalue weighted by atomic mass is 32.2. The van der Waals surface area contributed by atoms with Crippen LogP contribution in [0.15, 0.2) is 29.2 Å². The van der Waals surface area contributed by atoms with E-state index < -0.39 is 26.1 Å². The Balaban J connectivity index is 2.47. The highest BCUT2D eigenvalue weighted by Gasteiger charge is 2.39. The number of benzene rings is 1. The fourth-order valence-electron chi connectivity index (χ4n) is 2.72. The second-order valence-electron chi connectivity index (χ2n) is 5.39. The van der Waals surface area contributed by atoms with Crippen LogP contribution in [-0.2, 0) is 9.84 Å². The third-order valence-corrected chi connectivity index (χ3v) is 6.17. The SMILES string of the molecule is CC1CCC(N)C(S(=O)(=O)c2ccccc2[N+](=O)[O-])C1. The molecule has 1 fully saturated rings. The first kappa shape index (κ1) is 14.9. The van der Waals surface area contributed by atoms with Gasteiger partial charge in [-0.2, -0.15) is 0 Å². The zero-order valence-electron chi connectivity index (χ0n) is 11.2. The van der Waals surface area contributed by atoms with Gasteiger partial charge < -0.3 is 5.73 Å².